The topological polar surface area (TPSA) is 40.5 Å². The predicted molar refractivity (Wildman–Crippen MR) is 148 cm³/mol. The van der Waals surface area contributed by atoms with E-state index in [2.05, 4.69) is 24.3 Å². The van der Waals surface area contributed by atoms with Gasteiger partial charge in [0.25, 0.3) is 0 Å². The van der Waals surface area contributed by atoms with Crippen molar-refractivity contribution < 1.29 is 10.2 Å². The zero-order valence-corrected chi connectivity index (χ0v) is 23.0. The van der Waals surface area contributed by atoms with Crippen molar-refractivity contribution in [1.29, 1.82) is 0 Å². The lowest BCUT2D eigenvalue weighted by Gasteiger charge is -2.49. The van der Waals surface area contributed by atoms with Gasteiger partial charge in [-0.05, 0) is 148 Å². The summed E-state index contributed by atoms with van der Waals surface area (Å²) in [6.45, 7) is 0.727. The second kappa shape index (κ2) is 10.9. The molecule has 0 saturated heterocycles. The van der Waals surface area contributed by atoms with Crippen LogP contribution in [0.25, 0.3) is 0 Å². The van der Waals surface area contributed by atoms with E-state index in [1.54, 1.807) is 0 Å². The first-order valence-corrected chi connectivity index (χ1v) is 16.3. The minimum Gasteiger partial charge on any atom is -0.396 e. The molecule has 0 bridgehead atoms. The lowest BCUT2D eigenvalue weighted by atomic mass is 9.55. The highest BCUT2D eigenvalue weighted by atomic mass is 16.3. The van der Waals surface area contributed by atoms with Crippen LogP contribution < -0.4 is 0 Å². The average Bonchev–Trinajstić information content (AvgIpc) is 3.38. The van der Waals surface area contributed by atoms with Crippen molar-refractivity contribution in [1.82, 2.24) is 0 Å². The van der Waals surface area contributed by atoms with Crippen LogP contribution in [0.2, 0.25) is 0 Å². The maximum Gasteiger partial charge on any atom is 0.0431 e. The zero-order valence-electron chi connectivity index (χ0n) is 23.0. The summed E-state index contributed by atoms with van der Waals surface area (Å²) in [4.78, 5) is 0. The van der Waals surface area contributed by atoms with E-state index in [0.717, 1.165) is 60.2 Å². The first-order valence-electron chi connectivity index (χ1n) is 16.3. The highest BCUT2D eigenvalue weighted by Gasteiger charge is 2.62. The Morgan fingerprint density at radius 3 is 1.33 bits per heavy atom. The molecule has 0 spiro atoms. The van der Waals surface area contributed by atoms with Gasteiger partial charge in [0.1, 0.15) is 0 Å². The van der Waals surface area contributed by atoms with Crippen molar-refractivity contribution in [3.63, 3.8) is 0 Å². The molecule has 202 valence electrons. The summed E-state index contributed by atoms with van der Waals surface area (Å²) in [6, 6.07) is 0. The van der Waals surface area contributed by atoms with E-state index < -0.39 is 0 Å². The summed E-state index contributed by atoms with van der Waals surface area (Å²) in [5.74, 6) is 7.19. The van der Waals surface area contributed by atoms with Crippen LogP contribution in [0.1, 0.15) is 116 Å². The molecule has 0 aromatic rings. The smallest absolute Gasteiger partial charge is 0.0431 e. The third kappa shape index (κ3) is 4.11. The van der Waals surface area contributed by atoms with Crippen molar-refractivity contribution in [3.05, 3.63) is 24.3 Å². The summed E-state index contributed by atoms with van der Waals surface area (Å²) in [5.41, 5.74) is 0.893. The fourth-order valence-corrected chi connectivity index (χ4v) is 12.3. The molecular formula is C34H54O2. The number of allylic oxidation sites excluding steroid dienone is 4. The Morgan fingerprint density at radius 1 is 0.472 bits per heavy atom. The average molecular weight is 495 g/mol. The second-order valence-electron chi connectivity index (χ2n) is 14.2. The molecule has 2 heteroatoms. The van der Waals surface area contributed by atoms with Crippen LogP contribution in [0, 0.1) is 58.2 Å². The molecule has 0 amide bonds. The molecule has 4 fully saturated rings. The van der Waals surface area contributed by atoms with E-state index in [4.69, 9.17) is 0 Å². The van der Waals surface area contributed by atoms with Gasteiger partial charge >= 0.3 is 0 Å². The van der Waals surface area contributed by atoms with Gasteiger partial charge in [-0.3, -0.25) is 0 Å². The maximum atomic E-state index is 10.0. The standard InChI is InChI=1S/C34H54O2/c35-23-9-19-33(29-15-5-1-11-25(29)26-12-2-6-16-30(26)33)21-22-34(20-10-24-36)31-17-7-3-13-27(31)28-14-4-8-18-32(28)34/h1,3,5,7,25-32,35-36H,2,4,6,8-24H2/t25?,26?,27?,28?,29?,30-,31?,32-,33?,34?/m0/s1. The van der Waals surface area contributed by atoms with Crippen LogP contribution in [-0.2, 0) is 0 Å². The third-order valence-corrected chi connectivity index (χ3v) is 13.3. The van der Waals surface area contributed by atoms with E-state index in [1.807, 2.05) is 0 Å². The highest BCUT2D eigenvalue weighted by molar-refractivity contribution is 5.16. The molecule has 0 radical (unpaired) electrons. The van der Waals surface area contributed by atoms with Crippen molar-refractivity contribution in [2.45, 2.75) is 116 Å². The molecule has 0 aromatic heterocycles. The lowest BCUT2D eigenvalue weighted by molar-refractivity contribution is 0.00288. The normalized spacial score (nSPS) is 47.3. The minimum absolute atomic E-state index is 0.363. The Hall–Kier alpha value is -0.600. The second-order valence-corrected chi connectivity index (χ2v) is 14.2. The largest absolute Gasteiger partial charge is 0.396 e. The maximum absolute atomic E-state index is 10.0. The van der Waals surface area contributed by atoms with Gasteiger partial charge in [0, 0.05) is 13.2 Å². The van der Waals surface area contributed by atoms with E-state index >= 15 is 0 Å². The first-order chi connectivity index (χ1) is 17.7. The molecule has 8 unspecified atom stereocenters. The molecular weight excluding hydrogens is 440 g/mol. The zero-order chi connectivity index (χ0) is 24.6. The molecule has 2 N–H and O–H groups in total. The van der Waals surface area contributed by atoms with Gasteiger partial charge < -0.3 is 10.2 Å². The Bertz CT molecular complexity index is 735. The molecule has 0 aromatic carbocycles. The summed E-state index contributed by atoms with van der Waals surface area (Å²) in [5, 5.41) is 20.1. The molecule has 6 aliphatic carbocycles. The van der Waals surface area contributed by atoms with Crippen LogP contribution >= 0.6 is 0 Å². The van der Waals surface area contributed by atoms with Gasteiger partial charge in [-0.1, -0.05) is 50.0 Å². The number of aliphatic hydroxyl groups is 2. The molecule has 10 atom stereocenters. The monoisotopic (exact) mass is 494 g/mol. The molecule has 36 heavy (non-hydrogen) atoms. The third-order valence-electron chi connectivity index (χ3n) is 13.3. The van der Waals surface area contributed by atoms with Crippen molar-refractivity contribution >= 4 is 0 Å². The Morgan fingerprint density at radius 2 is 0.889 bits per heavy atom. The molecule has 6 aliphatic rings. The number of fused-ring (bicyclic) bond motifs is 6. The summed E-state index contributed by atoms with van der Waals surface area (Å²) in [7, 11) is 0. The van der Waals surface area contributed by atoms with Gasteiger partial charge in [-0.25, -0.2) is 0 Å². The summed E-state index contributed by atoms with van der Waals surface area (Å²) < 4.78 is 0. The van der Waals surface area contributed by atoms with E-state index in [-0.39, 0.29) is 0 Å². The van der Waals surface area contributed by atoms with Crippen LogP contribution in [0.3, 0.4) is 0 Å². The predicted octanol–water partition coefficient (Wildman–Crippen LogP) is 8.09. The van der Waals surface area contributed by atoms with Crippen molar-refractivity contribution in [2.75, 3.05) is 13.2 Å². The van der Waals surface area contributed by atoms with Gasteiger partial charge in [0.2, 0.25) is 0 Å². The molecule has 0 heterocycles. The number of aliphatic hydroxyl groups excluding tert-OH is 2. The summed E-state index contributed by atoms with van der Waals surface area (Å²) >= 11 is 0. The van der Waals surface area contributed by atoms with Crippen LogP contribution in [0.4, 0.5) is 0 Å². The van der Waals surface area contributed by atoms with E-state index in [9.17, 15) is 10.2 Å². The number of hydrogen-bond acceptors (Lipinski definition) is 2. The SMILES string of the molecule is OCCCC1(CCC2(CCCO)C3CC=CCC3C3CCCC[C@@H]32)C2CC=CCC2C2CCCC[C@@H]21. The Balaban J connectivity index is 1.35. The minimum atomic E-state index is 0.363. The quantitative estimate of drug-likeness (QED) is 0.318. The molecule has 0 aliphatic heterocycles. The van der Waals surface area contributed by atoms with Crippen molar-refractivity contribution in [3.8, 4) is 0 Å². The molecule has 4 saturated carbocycles. The van der Waals surface area contributed by atoms with Crippen LogP contribution in [0.5, 0.6) is 0 Å². The lowest BCUT2D eigenvalue weighted by Crippen LogP contribution is -2.41. The van der Waals surface area contributed by atoms with Gasteiger partial charge in [0.05, 0.1) is 0 Å². The van der Waals surface area contributed by atoms with Gasteiger partial charge in [-0.15, -0.1) is 0 Å². The van der Waals surface area contributed by atoms with Crippen molar-refractivity contribution in [2.24, 2.45) is 58.2 Å². The molecule has 2 nitrogen and oxygen atoms in total. The fraction of sp³-hybridized carbons (Fsp3) is 0.882. The highest BCUT2D eigenvalue weighted by Crippen LogP contribution is 2.70. The Labute approximate surface area is 221 Å². The van der Waals surface area contributed by atoms with Crippen LogP contribution in [0.15, 0.2) is 24.3 Å². The molecule has 6 rings (SSSR count). The van der Waals surface area contributed by atoms with Crippen LogP contribution in [-0.4, -0.2) is 23.4 Å². The van der Waals surface area contributed by atoms with Gasteiger partial charge in [0.15, 0.2) is 0 Å². The summed E-state index contributed by atoms with van der Waals surface area (Å²) in [6.07, 6.45) is 34.3. The Kier molecular flexibility index (Phi) is 7.75. The number of hydrogen-bond donors (Lipinski definition) is 2. The van der Waals surface area contributed by atoms with E-state index in [0.29, 0.717) is 24.0 Å². The number of rotatable bonds is 9. The van der Waals surface area contributed by atoms with Gasteiger partial charge in [-0.2, -0.15) is 0 Å². The first kappa shape index (κ1) is 25.7. The fourth-order valence-electron chi connectivity index (χ4n) is 12.3. The van der Waals surface area contributed by atoms with E-state index in [1.165, 1.54) is 103 Å².